The number of carbonyl (C=O) groups excluding carboxylic acids is 1. The molecule has 0 atom stereocenters. The molecular weight excluding hydrogens is 196 g/mol. The van der Waals surface area contributed by atoms with Gasteiger partial charge < -0.3 is 14.6 Å². The third kappa shape index (κ3) is 3.38. The van der Waals surface area contributed by atoms with Crippen molar-refractivity contribution >= 4 is 5.97 Å². The predicted molar refractivity (Wildman–Crippen MR) is 55.2 cm³/mol. The van der Waals surface area contributed by atoms with Gasteiger partial charge in [-0.05, 0) is 31.9 Å². The summed E-state index contributed by atoms with van der Waals surface area (Å²) in [7, 11) is 0. The zero-order valence-electron chi connectivity index (χ0n) is 8.95. The second kappa shape index (κ2) is 5.53. The summed E-state index contributed by atoms with van der Waals surface area (Å²) in [5.41, 5.74) is 1.25. The molecule has 0 amide bonds. The number of H-pyrrole nitrogens is 1. The Morgan fingerprint density at radius 2 is 2.33 bits per heavy atom. The first kappa shape index (κ1) is 11.7. The minimum Gasteiger partial charge on any atom is -0.378 e. The molecule has 84 valence electrons. The van der Waals surface area contributed by atoms with Crippen LogP contribution in [0.3, 0.4) is 0 Å². The van der Waals surface area contributed by atoms with E-state index in [1.807, 2.05) is 19.9 Å². The van der Waals surface area contributed by atoms with Gasteiger partial charge in [0, 0.05) is 6.20 Å². The lowest BCUT2D eigenvalue weighted by atomic mass is 10.2. The normalized spacial score (nSPS) is 10.7. The summed E-state index contributed by atoms with van der Waals surface area (Å²) < 4.78 is 5.39. The van der Waals surface area contributed by atoms with Crippen molar-refractivity contribution in [2.75, 3.05) is 6.61 Å². The van der Waals surface area contributed by atoms with Crippen LogP contribution in [0, 0.1) is 0 Å². The van der Waals surface area contributed by atoms with E-state index in [-0.39, 0.29) is 6.10 Å². The third-order valence-corrected chi connectivity index (χ3v) is 1.97. The molecule has 5 heteroatoms. The number of carbonyl (C=O) groups is 1. The summed E-state index contributed by atoms with van der Waals surface area (Å²) in [6.07, 6.45) is 2.53. The lowest BCUT2D eigenvalue weighted by Crippen LogP contribution is -2.13. The lowest BCUT2D eigenvalue weighted by Gasteiger charge is -2.07. The van der Waals surface area contributed by atoms with Gasteiger partial charge in [-0.2, -0.15) is 5.90 Å². The highest BCUT2D eigenvalue weighted by atomic mass is 16.7. The van der Waals surface area contributed by atoms with Crippen molar-refractivity contribution in [3.05, 3.63) is 23.5 Å². The number of nitrogens with two attached hydrogens (primary N) is 1. The van der Waals surface area contributed by atoms with Crippen molar-refractivity contribution in [1.82, 2.24) is 4.98 Å². The molecule has 1 heterocycles. The van der Waals surface area contributed by atoms with Crippen LogP contribution in [-0.2, 0) is 16.0 Å². The van der Waals surface area contributed by atoms with E-state index < -0.39 is 5.97 Å². The maximum atomic E-state index is 11.2. The van der Waals surface area contributed by atoms with E-state index in [9.17, 15) is 4.79 Å². The maximum absolute atomic E-state index is 11.2. The van der Waals surface area contributed by atoms with Crippen LogP contribution in [0.4, 0.5) is 0 Å². The molecule has 0 unspecified atom stereocenters. The van der Waals surface area contributed by atoms with Gasteiger partial charge in [0.05, 0.1) is 12.7 Å². The Morgan fingerprint density at radius 1 is 1.60 bits per heavy atom. The van der Waals surface area contributed by atoms with Crippen molar-refractivity contribution in [1.29, 1.82) is 0 Å². The fourth-order valence-corrected chi connectivity index (χ4v) is 1.26. The summed E-state index contributed by atoms with van der Waals surface area (Å²) in [5.74, 6) is 4.25. The Labute approximate surface area is 88.5 Å². The van der Waals surface area contributed by atoms with E-state index in [4.69, 9.17) is 10.6 Å². The summed E-state index contributed by atoms with van der Waals surface area (Å²) >= 11 is 0. The van der Waals surface area contributed by atoms with E-state index in [2.05, 4.69) is 9.82 Å². The molecule has 3 N–H and O–H groups in total. The van der Waals surface area contributed by atoms with Gasteiger partial charge in [-0.15, -0.1) is 0 Å². The minimum atomic E-state index is -0.556. The summed E-state index contributed by atoms with van der Waals surface area (Å²) in [5, 5.41) is 0. The monoisotopic (exact) mass is 212 g/mol. The quantitative estimate of drug-likeness (QED) is 0.714. The molecule has 1 aromatic heterocycles. The molecule has 15 heavy (non-hydrogen) atoms. The fourth-order valence-electron chi connectivity index (χ4n) is 1.26. The summed E-state index contributed by atoms with van der Waals surface area (Å²) in [4.78, 5) is 18.1. The van der Waals surface area contributed by atoms with E-state index >= 15 is 0 Å². The molecule has 0 saturated heterocycles. The molecule has 5 nitrogen and oxygen atoms in total. The number of hydrogen-bond donors (Lipinski definition) is 2. The number of ether oxygens (including phenoxy) is 1. The van der Waals surface area contributed by atoms with Gasteiger partial charge in [0.1, 0.15) is 5.69 Å². The van der Waals surface area contributed by atoms with Crippen LogP contribution in [0.5, 0.6) is 0 Å². The standard InChI is InChI=1S/C10H16N2O3/c1-7(2)14-6-4-8-3-5-12-9(8)10(13)15-11/h3,5,7,12H,4,6,11H2,1-2H3. The van der Waals surface area contributed by atoms with Gasteiger partial charge in [0.25, 0.3) is 0 Å². The van der Waals surface area contributed by atoms with Crippen molar-refractivity contribution in [3.63, 3.8) is 0 Å². The van der Waals surface area contributed by atoms with E-state index in [0.717, 1.165) is 5.56 Å². The smallest absolute Gasteiger partial charge is 0.373 e. The Hall–Kier alpha value is -1.33. The van der Waals surface area contributed by atoms with Gasteiger partial charge in [0.15, 0.2) is 0 Å². The SMILES string of the molecule is CC(C)OCCc1cc[nH]c1C(=O)ON. The van der Waals surface area contributed by atoms with Crippen LogP contribution in [-0.4, -0.2) is 23.7 Å². The number of rotatable bonds is 5. The Bertz CT molecular complexity index is 320. The molecule has 0 radical (unpaired) electrons. The molecule has 0 saturated carbocycles. The molecule has 0 spiro atoms. The largest absolute Gasteiger partial charge is 0.378 e. The van der Waals surface area contributed by atoms with Crippen molar-refractivity contribution in [3.8, 4) is 0 Å². The second-order valence-electron chi connectivity index (χ2n) is 3.45. The first-order chi connectivity index (χ1) is 7.15. The number of hydrogen-bond acceptors (Lipinski definition) is 4. The zero-order valence-corrected chi connectivity index (χ0v) is 8.95. The maximum Gasteiger partial charge on any atom is 0.373 e. The van der Waals surface area contributed by atoms with Gasteiger partial charge in [0.2, 0.25) is 0 Å². The van der Waals surface area contributed by atoms with Crippen LogP contribution in [0.1, 0.15) is 29.9 Å². The topological polar surface area (TPSA) is 77.3 Å². The van der Waals surface area contributed by atoms with Crippen LogP contribution in [0.25, 0.3) is 0 Å². The molecule has 1 rings (SSSR count). The van der Waals surface area contributed by atoms with Crippen LogP contribution in [0.2, 0.25) is 0 Å². The average Bonchev–Trinajstić information content (AvgIpc) is 2.64. The zero-order chi connectivity index (χ0) is 11.3. The molecule has 0 bridgehead atoms. The summed E-state index contributed by atoms with van der Waals surface area (Å²) in [6.45, 7) is 4.50. The minimum absolute atomic E-state index is 0.189. The molecule has 0 aliphatic carbocycles. The molecule has 0 aromatic carbocycles. The first-order valence-electron chi connectivity index (χ1n) is 4.84. The van der Waals surface area contributed by atoms with Gasteiger partial charge in [-0.3, -0.25) is 0 Å². The highest BCUT2D eigenvalue weighted by molar-refractivity contribution is 5.88. The lowest BCUT2D eigenvalue weighted by molar-refractivity contribution is 0.0494. The number of aromatic amines is 1. The van der Waals surface area contributed by atoms with Crippen molar-refractivity contribution in [2.45, 2.75) is 26.4 Å². The van der Waals surface area contributed by atoms with Crippen molar-refractivity contribution in [2.24, 2.45) is 5.90 Å². The highest BCUT2D eigenvalue weighted by Gasteiger charge is 2.13. The van der Waals surface area contributed by atoms with Gasteiger partial charge in [-0.25, -0.2) is 4.79 Å². The fraction of sp³-hybridized carbons (Fsp3) is 0.500. The molecule has 0 aliphatic heterocycles. The second-order valence-corrected chi connectivity index (χ2v) is 3.45. The Balaban J connectivity index is 2.54. The summed E-state index contributed by atoms with van der Waals surface area (Å²) in [6, 6.07) is 1.82. The molecule has 0 aliphatic rings. The molecular formula is C10H16N2O3. The third-order valence-electron chi connectivity index (χ3n) is 1.97. The van der Waals surface area contributed by atoms with E-state index in [1.54, 1.807) is 6.20 Å². The van der Waals surface area contributed by atoms with Crippen LogP contribution >= 0.6 is 0 Å². The number of nitrogens with one attached hydrogen (secondary N) is 1. The Kier molecular flexibility index (Phi) is 4.33. The average molecular weight is 212 g/mol. The van der Waals surface area contributed by atoms with E-state index in [0.29, 0.717) is 18.7 Å². The molecule has 1 aromatic rings. The molecule has 0 fully saturated rings. The first-order valence-corrected chi connectivity index (χ1v) is 4.84. The van der Waals surface area contributed by atoms with Gasteiger partial charge >= 0.3 is 5.97 Å². The Morgan fingerprint density at radius 3 is 2.93 bits per heavy atom. The van der Waals surface area contributed by atoms with E-state index in [1.165, 1.54) is 0 Å². The van der Waals surface area contributed by atoms with Crippen molar-refractivity contribution < 1.29 is 14.4 Å². The number of aromatic nitrogens is 1. The van der Waals surface area contributed by atoms with Crippen LogP contribution < -0.4 is 5.90 Å². The van der Waals surface area contributed by atoms with Crippen LogP contribution in [0.15, 0.2) is 12.3 Å². The van der Waals surface area contributed by atoms with Gasteiger partial charge in [-0.1, -0.05) is 0 Å². The predicted octanol–water partition coefficient (Wildman–Crippen LogP) is 1.01. The highest BCUT2D eigenvalue weighted by Crippen LogP contribution is 2.09.